The fourth-order valence-corrected chi connectivity index (χ4v) is 4.71. The number of hydrogen-bond donors (Lipinski definition) is 1. The average Bonchev–Trinajstić information content (AvgIpc) is 3.53. The van der Waals surface area contributed by atoms with E-state index in [4.69, 9.17) is 0 Å². The Morgan fingerprint density at radius 2 is 1.89 bits per heavy atom. The molecule has 10 heteroatoms. The highest BCUT2D eigenvalue weighted by atomic mass is 79.9. The molecule has 5 aromatic rings. The maximum atomic E-state index is 14.7. The Balaban J connectivity index is 1.49. The first-order chi connectivity index (χ1) is 17.6. The fourth-order valence-electron chi connectivity index (χ4n) is 4.18. The van der Waals surface area contributed by atoms with Crippen LogP contribution in [0.2, 0.25) is 0 Å². The Kier molecular flexibility index (Phi) is 6.86. The van der Waals surface area contributed by atoms with Crippen LogP contribution in [0, 0.1) is 5.82 Å². The van der Waals surface area contributed by atoms with Crippen LogP contribution in [-0.2, 0) is 13.0 Å². The topological polar surface area (TPSA) is 94.3 Å². The van der Waals surface area contributed by atoms with E-state index in [0.29, 0.717) is 16.7 Å². The van der Waals surface area contributed by atoms with Gasteiger partial charge >= 0.3 is 5.69 Å². The number of tetrazole rings is 1. The minimum Gasteiger partial charge on any atom is -0.290 e. The number of aryl methyl sites for hydroxylation is 1. The molecular weight excluding hydrogens is 525 g/mol. The third-order valence-electron chi connectivity index (χ3n) is 6.00. The summed E-state index contributed by atoms with van der Waals surface area (Å²) >= 11 is 3.39. The van der Waals surface area contributed by atoms with Crippen molar-refractivity contribution in [3.8, 4) is 28.2 Å². The number of nitrogens with one attached hydrogen (secondary N) is 1. The second-order valence-corrected chi connectivity index (χ2v) is 9.21. The summed E-state index contributed by atoms with van der Waals surface area (Å²) in [5, 5.41) is 14.3. The second kappa shape index (κ2) is 10.4. The van der Waals surface area contributed by atoms with Gasteiger partial charge in [0, 0.05) is 33.7 Å². The standard InChI is InChI=1S/C26H23BrFN7O/c1-2-3-7-19-16-35(24-22(27)10-6-11-23(24)28)26(36)34(19)15-18-13-12-17(14-29-18)20-8-4-5-9-21(20)25-30-32-33-31-25/h4-6,8-14,16H,2-3,7,15H2,1H3,(H,30,31,32,33). The van der Waals surface area contributed by atoms with E-state index in [1.807, 2.05) is 36.4 Å². The number of para-hydroxylation sites is 1. The van der Waals surface area contributed by atoms with Crippen LogP contribution in [0.1, 0.15) is 31.2 Å². The van der Waals surface area contributed by atoms with Gasteiger partial charge in [0.15, 0.2) is 0 Å². The molecule has 0 bridgehead atoms. The third kappa shape index (κ3) is 4.64. The number of imidazole rings is 1. The van der Waals surface area contributed by atoms with Crippen molar-refractivity contribution in [1.29, 1.82) is 0 Å². The first-order valence-corrected chi connectivity index (χ1v) is 12.4. The van der Waals surface area contributed by atoms with Gasteiger partial charge in [-0.15, -0.1) is 10.2 Å². The van der Waals surface area contributed by atoms with Gasteiger partial charge in [0.2, 0.25) is 5.82 Å². The lowest BCUT2D eigenvalue weighted by molar-refractivity contribution is 0.611. The number of unbranched alkanes of at least 4 members (excludes halogenated alkanes) is 1. The number of hydrogen-bond acceptors (Lipinski definition) is 5. The molecule has 0 atom stereocenters. The largest absolute Gasteiger partial charge is 0.333 e. The number of aromatic nitrogens is 7. The monoisotopic (exact) mass is 547 g/mol. The molecule has 0 radical (unpaired) electrons. The van der Waals surface area contributed by atoms with Crippen molar-refractivity contribution in [3.63, 3.8) is 0 Å². The maximum absolute atomic E-state index is 14.7. The Morgan fingerprint density at radius 1 is 1.06 bits per heavy atom. The molecule has 0 aliphatic heterocycles. The van der Waals surface area contributed by atoms with Gasteiger partial charge in [0.1, 0.15) is 11.5 Å². The molecule has 0 aliphatic rings. The van der Waals surface area contributed by atoms with Gasteiger partial charge in [-0.3, -0.25) is 14.1 Å². The second-order valence-electron chi connectivity index (χ2n) is 8.35. The van der Waals surface area contributed by atoms with Gasteiger partial charge in [-0.1, -0.05) is 49.7 Å². The lowest BCUT2D eigenvalue weighted by atomic mass is 10.0. The summed E-state index contributed by atoms with van der Waals surface area (Å²) in [6.45, 7) is 2.38. The molecule has 8 nitrogen and oxygen atoms in total. The highest BCUT2D eigenvalue weighted by Crippen LogP contribution is 2.29. The molecule has 0 amide bonds. The highest BCUT2D eigenvalue weighted by Gasteiger charge is 2.18. The van der Waals surface area contributed by atoms with Gasteiger partial charge in [0.25, 0.3) is 0 Å². The summed E-state index contributed by atoms with van der Waals surface area (Å²) < 4.78 is 18.2. The van der Waals surface area contributed by atoms with Gasteiger partial charge < -0.3 is 0 Å². The smallest absolute Gasteiger partial charge is 0.290 e. The highest BCUT2D eigenvalue weighted by molar-refractivity contribution is 9.10. The first-order valence-electron chi connectivity index (χ1n) is 11.6. The van der Waals surface area contributed by atoms with E-state index in [1.165, 1.54) is 10.6 Å². The van der Waals surface area contributed by atoms with E-state index < -0.39 is 5.82 Å². The number of rotatable bonds is 8. The molecule has 0 saturated carbocycles. The zero-order valence-corrected chi connectivity index (χ0v) is 21.1. The van der Waals surface area contributed by atoms with E-state index >= 15 is 0 Å². The van der Waals surface area contributed by atoms with E-state index in [2.05, 4.69) is 48.5 Å². The molecule has 0 unspecified atom stereocenters. The average molecular weight is 548 g/mol. The van der Waals surface area contributed by atoms with Gasteiger partial charge in [-0.05, 0) is 57.7 Å². The number of halogens is 2. The number of pyridine rings is 1. The molecule has 3 aromatic heterocycles. The normalized spacial score (nSPS) is 11.2. The molecule has 0 spiro atoms. The minimum absolute atomic E-state index is 0.209. The Labute approximate surface area is 215 Å². The summed E-state index contributed by atoms with van der Waals surface area (Å²) in [4.78, 5) is 18.1. The van der Waals surface area contributed by atoms with Crippen LogP contribution in [0.15, 0.2) is 76.3 Å². The molecule has 0 saturated heterocycles. The predicted molar refractivity (Wildman–Crippen MR) is 138 cm³/mol. The lowest BCUT2D eigenvalue weighted by Crippen LogP contribution is -2.25. The van der Waals surface area contributed by atoms with Crippen molar-refractivity contribution >= 4 is 15.9 Å². The van der Waals surface area contributed by atoms with E-state index in [0.717, 1.165) is 40.9 Å². The van der Waals surface area contributed by atoms with Crippen LogP contribution in [-0.4, -0.2) is 34.7 Å². The van der Waals surface area contributed by atoms with Crippen molar-refractivity contribution in [2.24, 2.45) is 0 Å². The summed E-state index contributed by atoms with van der Waals surface area (Å²) in [5.74, 6) is 0.0378. The van der Waals surface area contributed by atoms with Gasteiger partial charge in [0.05, 0.1) is 12.2 Å². The maximum Gasteiger partial charge on any atom is 0.333 e. The van der Waals surface area contributed by atoms with Crippen molar-refractivity contribution in [1.82, 2.24) is 34.7 Å². The number of aromatic amines is 1. The van der Waals surface area contributed by atoms with E-state index in [1.54, 1.807) is 29.1 Å². The molecule has 182 valence electrons. The van der Waals surface area contributed by atoms with E-state index in [9.17, 15) is 9.18 Å². The Bertz CT molecular complexity index is 1520. The van der Waals surface area contributed by atoms with Crippen molar-refractivity contribution in [2.75, 3.05) is 0 Å². The molecule has 36 heavy (non-hydrogen) atoms. The summed E-state index contributed by atoms with van der Waals surface area (Å²) in [6.07, 6.45) is 6.11. The van der Waals surface area contributed by atoms with Gasteiger partial charge in [-0.25, -0.2) is 9.18 Å². The van der Waals surface area contributed by atoms with Crippen molar-refractivity contribution in [2.45, 2.75) is 32.7 Å². The third-order valence-corrected chi connectivity index (χ3v) is 6.64. The lowest BCUT2D eigenvalue weighted by Gasteiger charge is -2.09. The molecule has 0 fully saturated rings. The summed E-state index contributed by atoms with van der Waals surface area (Å²) in [5.41, 5.74) is 4.12. The zero-order chi connectivity index (χ0) is 25.1. The molecule has 0 aliphatic carbocycles. The molecule has 1 N–H and O–H groups in total. The Morgan fingerprint density at radius 3 is 2.58 bits per heavy atom. The molecule has 2 aromatic carbocycles. The van der Waals surface area contributed by atoms with Crippen LogP contribution >= 0.6 is 15.9 Å². The number of nitrogens with zero attached hydrogens (tertiary/aromatic N) is 6. The van der Waals surface area contributed by atoms with Crippen LogP contribution < -0.4 is 5.69 Å². The number of H-pyrrole nitrogens is 1. The van der Waals surface area contributed by atoms with Crippen molar-refractivity contribution in [3.05, 3.63) is 99.2 Å². The van der Waals surface area contributed by atoms with Crippen LogP contribution in [0.25, 0.3) is 28.2 Å². The molecule has 3 heterocycles. The SMILES string of the molecule is CCCCc1cn(-c2c(F)cccc2Br)c(=O)n1Cc1ccc(-c2ccccc2-c2nn[nH]n2)cn1. The van der Waals surface area contributed by atoms with Crippen LogP contribution in [0.5, 0.6) is 0 Å². The van der Waals surface area contributed by atoms with Crippen LogP contribution in [0.3, 0.4) is 0 Å². The van der Waals surface area contributed by atoms with Crippen LogP contribution in [0.4, 0.5) is 4.39 Å². The predicted octanol–water partition coefficient (Wildman–Crippen LogP) is 5.17. The van der Waals surface area contributed by atoms with Gasteiger partial charge in [-0.2, -0.15) is 5.21 Å². The quantitative estimate of drug-likeness (QED) is 0.289. The minimum atomic E-state index is -0.464. The Hall–Kier alpha value is -3.92. The zero-order valence-electron chi connectivity index (χ0n) is 19.5. The fraction of sp³-hybridized carbons (Fsp3) is 0.192. The summed E-state index contributed by atoms with van der Waals surface area (Å²) in [7, 11) is 0. The molecule has 5 rings (SSSR count). The number of benzene rings is 2. The summed E-state index contributed by atoms with van der Waals surface area (Å²) in [6, 6.07) is 16.3. The van der Waals surface area contributed by atoms with Crippen molar-refractivity contribution < 1.29 is 4.39 Å². The molecular formula is C26H23BrFN7O. The van der Waals surface area contributed by atoms with E-state index in [-0.39, 0.29) is 17.9 Å². The first kappa shape index (κ1) is 23.8.